The molecule has 3 N–H and O–H groups in total. The van der Waals surface area contributed by atoms with Gasteiger partial charge in [-0.25, -0.2) is 9.13 Å². The Balaban J connectivity index is 5.20. The maximum absolute atomic E-state index is 13.1. The standard InChI is InChI=1S/C76H148O17P2/c1-6-9-12-15-18-21-23-25-27-28-29-30-31-33-37-42-47-52-57-62-76(81)93-72(66-87-74(79)60-55-50-45-40-38-34-35-39-43-48-53-58-69(4)5)68-91-95(84,85)89-64-70(77)63-88-94(82,83)90-67-71(65-86-73(78)59-54-49-44-20-17-14-11-8-3)92-75(80)61-56-51-46-41-36-32-26-24-22-19-16-13-10-7-2/h69-72,77H,6-68H2,1-5H3,(H,82,83)(H,84,85)/t70-,71+,72+/m0/s1. The molecule has 95 heavy (non-hydrogen) atoms. The average Bonchev–Trinajstić information content (AvgIpc) is 1.43. The lowest BCUT2D eigenvalue weighted by Gasteiger charge is -2.21. The molecule has 0 rings (SSSR count). The predicted molar refractivity (Wildman–Crippen MR) is 386 cm³/mol. The van der Waals surface area contributed by atoms with Crippen molar-refractivity contribution in [3.05, 3.63) is 0 Å². The van der Waals surface area contributed by atoms with Crippen LogP contribution >= 0.6 is 15.6 Å². The van der Waals surface area contributed by atoms with Crippen LogP contribution in [-0.2, 0) is 65.4 Å². The number of carbonyl (C=O) groups excluding carboxylic acids is 4. The van der Waals surface area contributed by atoms with Crippen LogP contribution in [0.25, 0.3) is 0 Å². The number of hydrogen-bond donors (Lipinski definition) is 3. The van der Waals surface area contributed by atoms with E-state index < -0.39 is 97.5 Å². The van der Waals surface area contributed by atoms with Gasteiger partial charge in [0.25, 0.3) is 0 Å². The van der Waals surface area contributed by atoms with Crippen molar-refractivity contribution in [1.29, 1.82) is 0 Å². The average molecular weight is 1400 g/mol. The molecule has 0 saturated heterocycles. The summed E-state index contributed by atoms with van der Waals surface area (Å²) in [6.45, 7) is 7.28. The molecule has 0 radical (unpaired) electrons. The Morgan fingerprint density at radius 1 is 0.284 bits per heavy atom. The summed E-state index contributed by atoms with van der Waals surface area (Å²) in [4.78, 5) is 72.7. The van der Waals surface area contributed by atoms with Crippen molar-refractivity contribution >= 4 is 39.5 Å². The first-order chi connectivity index (χ1) is 46.0. The van der Waals surface area contributed by atoms with Gasteiger partial charge >= 0.3 is 39.5 Å². The molecule has 0 amide bonds. The molecule has 0 aromatic carbocycles. The number of esters is 4. The molecule has 0 spiro atoms. The molecule has 19 heteroatoms. The lowest BCUT2D eigenvalue weighted by molar-refractivity contribution is -0.161. The van der Waals surface area contributed by atoms with Gasteiger partial charge in [-0.05, 0) is 31.6 Å². The molecule has 0 saturated carbocycles. The first-order valence-corrected chi connectivity index (χ1v) is 42.6. The Labute approximate surface area is 581 Å². The summed E-state index contributed by atoms with van der Waals surface area (Å²) < 4.78 is 68.5. The van der Waals surface area contributed by atoms with Gasteiger partial charge in [-0.2, -0.15) is 0 Å². The number of phosphoric acid groups is 2. The molecule has 2 unspecified atom stereocenters. The zero-order chi connectivity index (χ0) is 69.8. The quantitative estimate of drug-likeness (QED) is 0.0222. The number of aliphatic hydroxyl groups is 1. The first-order valence-electron chi connectivity index (χ1n) is 39.6. The van der Waals surface area contributed by atoms with E-state index in [1.807, 2.05) is 0 Å². The van der Waals surface area contributed by atoms with Gasteiger partial charge in [-0.1, -0.05) is 349 Å². The monoisotopic (exact) mass is 1400 g/mol. The lowest BCUT2D eigenvalue weighted by atomic mass is 10.0. The second-order valence-corrected chi connectivity index (χ2v) is 30.8. The SMILES string of the molecule is CCCCCCCCCCCCCCCCCCCCCC(=O)O[C@H](COC(=O)CCCCCCCCCCCCCC(C)C)COP(=O)(O)OC[C@@H](O)COP(=O)(O)OC[C@@H](COC(=O)CCCCCCCCCC)OC(=O)CCCCCCCCCCCCCCCC. The first kappa shape index (κ1) is 93.1. The second-order valence-electron chi connectivity index (χ2n) is 27.9. The van der Waals surface area contributed by atoms with Crippen LogP contribution in [0.15, 0.2) is 0 Å². The maximum Gasteiger partial charge on any atom is 0.472 e. The van der Waals surface area contributed by atoms with E-state index in [1.54, 1.807) is 0 Å². The number of ether oxygens (including phenoxy) is 4. The van der Waals surface area contributed by atoms with E-state index in [1.165, 1.54) is 218 Å². The normalized spacial score (nSPS) is 13.9. The number of hydrogen-bond acceptors (Lipinski definition) is 15. The van der Waals surface area contributed by atoms with Gasteiger partial charge in [-0.15, -0.1) is 0 Å². The number of carbonyl (C=O) groups is 4. The minimum Gasteiger partial charge on any atom is -0.462 e. The largest absolute Gasteiger partial charge is 0.472 e. The van der Waals surface area contributed by atoms with E-state index in [0.29, 0.717) is 25.7 Å². The lowest BCUT2D eigenvalue weighted by Crippen LogP contribution is -2.30. The summed E-state index contributed by atoms with van der Waals surface area (Å²) >= 11 is 0. The molecule has 5 atom stereocenters. The minimum atomic E-state index is -4.96. The zero-order valence-corrected chi connectivity index (χ0v) is 63.6. The Morgan fingerprint density at radius 3 is 0.716 bits per heavy atom. The molecule has 0 heterocycles. The number of aliphatic hydroxyl groups excluding tert-OH is 1. The van der Waals surface area contributed by atoms with Gasteiger partial charge in [0, 0.05) is 25.7 Å². The molecule has 0 aliphatic heterocycles. The molecular weight excluding hydrogens is 1250 g/mol. The summed E-state index contributed by atoms with van der Waals surface area (Å²) in [5.74, 6) is -1.34. The van der Waals surface area contributed by atoms with Gasteiger partial charge in [0.05, 0.1) is 26.4 Å². The number of phosphoric ester groups is 2. The summed E-state index contributed by atoms with van der Waals surface area (Å²) in [5.41, 5.74) is 0. The highest BCUT2D eigenvalue weighted by Crippen LogP contribution is 2.45. The zero-order valence-electron chi connectivity index (χ0n) is 61.8. The molecule has 0 aliphatic carbocycles. The summed E-state index contributed by atoms with van der Waals surface area (Å²) in [7, 11) is -9.91. The van der Waals surface area contributed by atoms with Gasteiger partial charge in [0.2, 0.25) is 0 Å². The maximum atomic E-state index is 13.1. The van der Waals surface area contributed by atoms with Crippen LogP contribution in [0.2, 0.25) is 0 Å². The minimum absolute atomic E-state index is 0.108. The van der Waals surface area contributed by atoms with E-state index in [9.17, 15) is 43.2 Å². The number of unbranched alkanes of at least 4 members (excludes halogenated alkanes) is 48. The Bertz CT molecular complexity index is 1820. The van der Waals surface area contributed by atoms with Gasteiger partial charge in [0.15, 0.2) is 12.2 Å². The van der Waals surface area contributed by atoms with Crippen molar-refractivity contribution in [3.63, 3.8) is 0 Å². The van der Waals surface area contributed by atoms with Crippen LogP contribution in [0.3, 0.4) is 0 Å². The van der Waals surface area contributed by atoms with Crippen LogP contribution in [0.5, 0.6) is 0 Å². The fraction of sp³-hybridized carbons (Fsp3) is 0.947. The third-order valence-electron chi connectivity index (χ3n) is 17.8. The number of rotatable bonds is 76. The highest BCUT2D eigenvalue weighted by molar-refractivity contribution is 7.47. The molecule has 0 bridgehead atoms. The van der Waals surface area contributed by atoms with Crippen LogP contribution < -0.4 is 0 Å². The molecule has 0 fully saturated rings. The summed E-state index contributed by atoms with van der Waals surface area (Å²) in [5, 5.41) is 10.6. The third-order valence-corrected chi connectivity index (χ3v) is 19.7. The Hall–Kier alpha value is -1.94. The van der Waals surface area contributed by atoms with E-state index in [0.717, 1.165) is 102 Å². The molecule has 564 valence electrons. The smallest absolute Gasteiger partial charge is 0.462 e. The van der Waals surface area contributed by atoms with E-state index in [2.05, 4.69) is 34.6 Å². The molecule has 0 aromatic rings. The van der Waals surface area contributed by atoms with E-state index in [-0.39, 0.29) is 25.7 Å². The fourth-order valence-electron chi connectivity index (χ4n) is 11.7. The molecule has 0 aromatic heterocycles. The van der Waals surface area contributed by atoms with Crippen LogP contribution in [0.4, 0.5) is 0 Å². The van der Waals surface area contributed by atoms with E-state index in [4.69, 9.17) is 37.0 Å². The molecule has 17 nitrogen and oxygen atoms in total. The third kappa shape index (κ3) is 70.3. The van der Waals surface area contributed by atoms with Crippen molar-refractivity contribution in [2.45, 2.75) is 419 Å². The van der Waals surface area contributed by atoms with Crippen LogP contribution in [0, 0.1) is 5.92 Å². The Morgan fingerprint density at radius 2 is 0.484 bits per heavy atom. The summed E-state index contributed by atoms with van der Waals surface area (Å²) in [6, 6.07) is 0. The topological polar surface area (TPSA) is 237 Å². The van der Waals surface area contributed by atoms with Crippen LogP contribution in [0.1, 0.15) is 401 Å². The molecular formula is C76H148O17P2. The second kappa shape index (κ2) is 69.2. The van der Waals surface area contributed by atoms with Gasteiger partial charge < -0.3 is 33.8 Å². The fourth-order valence-corrected chi connectivity index (χ4v) is 13.3. The van der Waals surface area contributed by atoms with Crippen molar-refractivity contribution in [2.24, 2.45) is 5.92 Å². The van der Waals surface area contributed by atoms with Crippen molar-refractivity contribution in [3.8, 4) is 0 Å². The predicted octanol–water partition coefficient (Wildman–Crippen LogP) is 22.5. The molecule has 0 aliphatic rings. The van der Waals surface area contributed by atoms with Crippen molar-refractivity contribution in [1.82, 2.24) is 0 Å². The highest BCUT2D eigenvalue weighted by atomic mass is 31.2. The van der Waals surface area contributed by atoms with Gasteiger partial charge in [-0.3, -0.25) is 37.3 Å². The van der Waals surface area contributed by atoms with E-state index >= 15 is 0 Å². The Kier molecular flexibility index (Phi) is 67.7. The van der Waals surface area contributed by atoms with Gasteiger partial charge in [0.1, 0.15) is 19.3 Å². The van der Waals surface area contributed by atoms with Crippen molar-refractivity contribution < 1.29 is 80.2 Å². The van der Waals surface area contributed by atoms with Crippen molar-refractivity contribution in [2.75, 3.05) is 39.6 Å². The van der Waals surface area contributed by atoms with Crippen LogP contribution in [-0.4, -0.2) is 96.7 Å². The summed E-state index contributed by atoms with van der Waals surface area (Å²) in [6.07, 6.45) is 58.3. The highest BCUT2D eigenvalue weighted by Gasteiger charge is 2.30.